The van der Waals surface area contributed by atoms with Crippen molar-refractivity contribution in [2.75, 3.05) is 9.80 Å². The molecular formula is C120H80N2. The van der Waals surface area contributed by atoms with Gasteiger partial charge in [0.05, 0.1) is 5.41 Å². The molecule has 22 aromatic carbocycles. The Balaban J connectivity index is 0.515. The first-order chi connectivity index (χ1) is 60.2. The highest BCUT2D eigenvalue weighted by molar-refractivity contribution is 6.13. The summed E-state index contributed by atoms with van der Waals surface area (Å²) in [6, 6.07) is 168. The van der Waals surface area contributed by atoms with Crippen molar-refractivity contribution in [1.29, 1.82) is 0 Å². The topological polar surface area (TPSA) is 6.48 Å². The molecule has 0 unspecified atom stereocenters. The van der Waals surface area contributed by atoms with Gasteiger partial charge in [-0.15, -0.1) is 0 Å². The molecule has 2 aliphatic rings. The van der Waals surface area contributed by atoms with Gasteiger partial charge in [0.1, 0.15) is 0 Å². The second kappa shape index (κ2) is 28.1. The number of anilines is 6. The Morgan fingerprint density at radius 2 is 0.402 bits per heavy atom. The third-order valence-electron chi connectivity index (χ3n) is 26.9. The Kier molecular flexibility index (Phi) is 16.3. The highest BCUT2D eigenvalue weighted by atomic mass is 15.1. The van der Waals surface area contributed by atoms with Crippen molar-refractivity contribution in [3.05, 3.63) is 482 Å². The Hall–Kier alpha value is -15.5. The summed E-state index contributed by atoms with van der Waals surface area (Å²) < 4.78 is 0. The van der Waals surface area contributed by atoms with Crippen LogP contribution < -0.4 is 9.80 Å². The van der Waals surface area contributed by atoms with E-state index in [2.05, 4.69) is 473 Å². The maximum atomic E-state index is 2.47. The van der Waals surface area contributed by atoms with Crippen LogP contribution in [0.25, 0.3) is 164 Å². The molecule has 0 N–H and O–H groups in total. The lowest BCUT2D eigenvalue weighted by Gasteiger charge is -2.35. The van der Waals surface area contributed by atoms with Crippen LogP contribution in [0.4, 0.5) is 34.1 Å². The molecule has 0 saturated heterocycles. The Labute approximate surface area is 710 Å². The van der Waals surface area contributed by atoms with Crippen LogP contribution in [0.1, 0.15) is 47.2 Å². The minimum atomic E-state index is -0.548. The van der Waals surface area contributed by atoms with E-state index >= 15 is 0 Å². The van der Waals surface area contributed by atoms with Gasteiger partial charge in [-0.05, 0) is 307 Å². The lowest BCUT2D eigenvalue weighted by Crippen LogP contribution is -2.28. The molecule has 2 aliphatic carbocycles. The standard InChI is InChI=1S/C120H80N2/c1-119(2)115-27-15-13-25-111(115)113-67-59-101(75-117(113)119)121(97-51-37-77(38-52-97)83-45-61-105-89(69-83)31-29-81-17-9-11-23-103(81)105)98-53-39-79(40-54-98)85-47-63-107-91(71-85)33-35-93-73-87(49-65-109(93)107)88-50-66-110-94(74-88)36-34-92-72-86(48-64-108(92)110)80-43-57-100(58-44-80)122(99-55-41-78(42-56-99)84-46-62-106-90(70-84)32-30-82-18-10-12-24-104(82)106)102-60-68-114-112-26-14-16-28-116(112)120(118(114)76-102,95-19-5-3-6-20-95)96-21-7-4-8-22-96/h3-76H,1-2H3. The molecule has 2 heteroatoms. The van der Waals surface area contributed by atoms with E-state index in [1.807, 2.05) is 0 Å². The molecule has 0 aromatic heterocycles. The quantitative estimate of drug-likeness (QED) is 0.106. The Morgan fingerprint density at radius 1 is 0.156 bits per heavy atom. The number of hydrogen-bond donors (Lipinski definition) is 0. The Bertz CT molecular complexity index is 7960. The zero-order valence-corrected chi connectivity index (χ0v) is 67.6. The molecule has 24 rings (SSSR count). The van der Waals surface area contributed by atoms with Gasteiger partial charge in [-0.3, -0.25) is 0 Å². The highest BCUT2D eigenvalue weighted by Gasteiger charge is 2.46. The normalized spacial score (nSPS) is 13.0. The van der Waals surface area contributed by atoms with Gasteiger partial charge in [0.2, 0.25) is 0 Å². The molecule has 0 bridgehead atoms. The minimum Gasteiger partial charge on any atom is -0.310 e. The molecule has 0 spiro atoms. The van der Waals surface area contributed by atoms with Crippen LogP contribution in [0.2, 0.25) is 0 Å². The summed E-state index contributed by atoms with van der Waals surface area (Å²) in [6.07, 6.45) is 0. The fourth-order valence-electron chi connectivity index (χ4n) is 20.8. The highest BCUT2D eigenvalue weighted by Crippen LogP contribution is 2.58. The number of hydrogen-bond acceptors (Lipinski definition) is 2. The number of benzene rings is 22. The van der Waals surface area contributed by atoms with Crippen molar-refractivity contribution < 1.29 is 0 Å². The molecule has 0 radical (unpaired) electrons. The van der Waals surface area contributed by atoms with E-state index in [0.29, 0.717) is 0 Å². The first kappa shape index (κ1) is 70.7. The average Bonchev–Trinajstić information content (AvgIpc) is 1.56. The molecule has 22 aromatic rings. The number of rotatable bonds is 13. The van der Waals surface area contributed by atoms with Crippen molar-refractivity contribution >= 4 is 120 Å². The maximum absolute atomic E-state index is 2.47. The Morgan fingerprint density at radius 3 is 0.762 bits per heavy atom. The molecule has 0 aliphatic heterocycles. The fraction of sp³-hybridized carbons (Fsp3) is 0.0333. The third kappa shape index (κ3) is 11.5. The van der Waals surface area contributed by atoms with Crippen molar-refractivity contribution in [1.82, 2.24) is 0 Å². The SMILES string of the molecule is CC1(C)c2ccccc2-c2ccc(N(c3ccc(-c4ccc5c(ccc6ccccc65)c4)cc3)c3ccc(-c4ccc5c(ccc6cc(-c7ccc8c(ccc9cc(-c%10ccc(N(c%11ccc(-c%12ccc%13c(ccc%14ccccc%14%13)c%12)cc%11)c%11ccc%12c(c%11)C(c%11ccccc%11)(c%11ccccc%11)c%11ccccc%11-%12)cc%10)ccc98)c7)ccc65)c4)cc3)cc21. The molecule has 0 fully saturated rings. The minimum absolute atomic E-state index is 0.139. The fourth-order valence-corrected chi connectivity index (χ4v) is 20.8. The zero-order chi connectivity index (χ0) is 80.7. The van der Waals surface area contributed by atoms with Gasteiger partial charge in [0.25, 0.3) is 0 Å². The van der Waals surface area contributed by atoms with Crippen LogP contribution in [0.5, 0.6) is 0 Å². The van der Waals surface area contributed by atoms with Crippen LogP contribution in [-0.4, -0.2) is 0 Å². The molecule has 2 nitrogen and oxygen atoms in total. The van der Waals surface area contributed by atoms with Crippen molar-refractivity contribution in [3.63, 3.8) is 0 Å². The predicted octanol–water partition coefficient (Wildman–Crippen LogP) is 32.9. The summed E-state index contributed by atoms with van der Waals surface area (Å²) in [5.41, 5.74) is 30.7. The van der Waals surface area contributed by atoms with Crippen LogP contribution >= 0.6 is 0 Å². The van der Waals surface area contributed by atoms with Gasteiger partial charge in [-0.2, -0.15) is 0 Å². The van der Waals surface area contributed by atoms with Crippen LogP contribution in [0.15, 0.2) is 449 Å². The molecule has 0 heterocycles. The lowest BCUT2D eigenvalue weighted by atomic mass is 9.67. The van der Waals surface area contributed by atoms with Crippen molar-refractivity contribution in [2.45, 2.75) is 24.7 Å². The third-order valence-corrected chi connectivity index (χ3v) is 26.9. The van der Waals surface area contributed by atoms with Gasteiger partial charge in [-0.25, -0.2) is 0 Å². The number of nitrogens with zero attached hydrogens (tertiary/aromatic N) is 2. The summed E-state index contributed by atoms with van der Waals surface area (Å²) in [4.78, 5) is 4.87. The van der Waals surface area contributed by atoms with Gasteiger partial charge in [0.15, 0.2) is 0 Å². The van der Waals surface area contributed by atoms with E-state index in [-0.39, 0.29) is 5.41 Å². The van der Waals surface area contributed by atoms with Crippen LogP contribution in [-0.2, 0) is 10.8 Å². The molecule has 0 atom stereocenters. The zero-order valence-electron chi connectivity index (χ0n) is 67.6. The molecule has 0 saturated carbocycles. The van der Waals surface area contributed by atoms with Crippen molar-refractivity contribution in [2.24, 2.45) is 0 Å². The summed E-state index contributed by atoms with van der Waals surface area (Å²) >= 11 is 0. The van der Waals surface area contributed by atoms with E-state index in [0.717, 1.165) is 39.7 Å². The summed E-state index contributed by atoms with van der Waals surface area (Å²) in [5, 5.41) is 20.0. The smallest absolute Gasteiger partial charge is 0.0714 e. The number of fused-ring (bicyclic) bond motifs is 18. The molecule has 0 amide bonds. The average molecular weight is 1550 g/mol. The molecule has 570 valence electrons. The second-order valence-electron chi connectivity index (χ2n) is 33.8. The lowest BCUT2D eigenvalue weighted by molar-refractivity contribution is 0.660. The van der Waals surface area contributed by atoms with Crippen LogP contribution in [0, 0.1) is 0 Å². The van der Waals surface area contributed by atoms with Gasteiger partial charge < -0.3 is 9.80 Å². The predicted molar refractivity (Wildman–Crippen MR) is 518 cm³/mol. The first-order valence-electron chi connectivity index (χ1n) is 42.6. The largest absolute Gasteiger partial charge is 0.310 e. The van der Waals surface area contributed by atoms with Crippen LogP contribution in [0.3, 0.4) is 0 Å². The van der Waals surface area contributed by atoms with E-state index in [1.54, 1.807) is 0 Å². The van der Waals surface area contributed by atoms with Crippen molar-refractivity contribution in [3.8, 4) is 77.9 Å². The van der Waals surface area contributed by atoms with E-state index in [1.165, 1.54) is 192 Å². The first-order valence-corrected chi connectivity index (χ1v) is 42.6. The maximum Gasteiger partial charge on any atom is 0.0714 e. The van der Waals surface area contributed by atoms with E-state index < -0.39 is 5.41 Å². The van der Waals surface area contributed by atoms with Gasteiger partial charge >= 0.3 is 0 Å². The van der Waals surface area contributed by atoms with E-state index in [9.17, 15) is 0 Å². The van der Waals surface area contributed by atoms with Gasteiger partial charge in [-0.1, -0.05) is 354 Å². The summed E-state index contributed by atoms with van der Waals surface area (Å²) in [7, 11) is 0. The summed E-state index contributed by atoms with van der Waals surface area (Å²) in [5.74, 6) is 0. The van der Waals surface area contributed by atoms with Gasteiger partial charge in [0, 0.05) is 39.5 Å². The second-order valence-corrected chi connectivity index (χ2v) is 33.8. The monoisotopic (exact) mass is 1550 g/mol. The molecule has 122 heavy (non-hydrogen) atoms. The van der Waals surface area contributed by atoms with E-state index in [4.69, 9.17) is 0 Å². The summed E-state index contributed by atoms with van der Waals surface area (Å²) in [6.45, 7) is 4.73. The molecular weight excluding hydrogens is 1470 g/mol.